The van der Waals surface area contributed by atoms with Crippen LogP contribution in [0.25, 0.3) is 0 Å². The third-order valence-electron chi connectivity index (χ3n) is 3.85. The van der Waals surface area contributed by atoms with Gasteiger partial charge >= 0.3 is 51.4 Å². The van der Waals surface area contributed by atoms with Crippen molar-refractivity contribution in [3.63, 3.8) is 0 Å². The van der Waals surface area contributed by atoms with Crippen LogP contribution < -0.4 is 56.5 Å². The van der Waals surface area contributed by atoms with Gasteiger partial charge in [-0.15, -0.1) is 6.61 Å². The van der Waals surface area contributed by atoms with Gasteiger partial charge in [0.15, 0.2) is 0 Å². The number of hydrogen-bond acceptors (Lipinski definition) is 3. The first kappa shape index (κ1) is 15.2. The van der Waals surface area contributed by atoms with Gasteiger partial charge in [-0.3, -0.25) is 9.69 Å². The molecule has 3 unspecified atom stereocenters. The monoisotopic (exact) mass is 253 g/mol. The van der Waals surface area contributed by atoms with Crippen LogP contribution in [0, 0.1) is 0 Å². The molecule has 16 heavy (non-hydrogen) atoms. The van der Waals surface area contributed by atoms with E-state index in [9.17, 15) is 14.3 Å². The van der Waals surface area contributed by atoms with E-state index >= 15 is 0 Å². The predicted octanol–water partition coefficient (Wildman–Crippen LogP) is -2.73. The van der Waals surface area contributed by atoms with E-state index in [2.05, 4.69) is 0 Å². The summed E-state index contributed by atoms with van der Waals surface area (Å²) >= 11 is 0. The average molecular weight is 253 g/mol. The van der Waals surface area contributed by atoms with E-state index in [0.29, 0.717) is 19.3 Å². The van der Waals surface area contributed by atoms with Crippen LogP contribution >= 0.6 is 0 Å². The molecule has 3 nitrogen and oxygen atoms in total. The Hall–Kier alpha value is 1.16. The molecule has 0 N–H and O–H groups in total. The summed E-state index contributed by atoms with van der Waals surface area (Å²) in [6.07, 6.45) is 1.30. The summed E-state index contributed by atoms with van der Waals surface area (Å²) < 4.78 is 13.3. The number of hydrogen-bond donors (Lipinski definition) is 0. The Balaban J connectivity index is 0.00000128. The number of carbonyl (C=O) groups is 1. The molecule has 86 valence electrons. The van der Waals surface area contributed by atoms with Gasteiger partial charge in [0.2, 0.25) is 0 Å². The summed E-state index contributed by atoms with van der Waals surface area (Å²) in [5.74, 6) is 0.152. The standard InChI is InChI=1S/C11H17FNO2.K/c1-2-10(15)9-3-4-11(7-14)5-8(12)6-13(9)11;/h8-9H,2-7H2,1H3;/q-1;+1. The third-order valence-corrected chi connectivity index (χ3v) is 3.85. The second-order valence-corrected chi connectivity index (χ2v) is 4.70. The van der Waals surface area contributed by atoms with E-state index in [4.69, 9.17) is 0 Å². The van der Waals surface area contributed by atoms with Crippen LogP contribution in [0.5, 0.6) is 0 Å². The Morgan fingerprint density at radius 2 is 2.31 bits per heavy atom. The van der Waals surface area contributed by atoms with Crippen LogP contribution in [0.2, 0.25) is 0 Å². The SMILES string of the molecule is CCC(=O)C1CCC2(C[O-])CC(F)CN12.[K+]. The number of fused-ring (bicyclic) bond motifs is 1. The molecule has 0 saturated carbocycles. The van der Waals surface area contributed by atoms with E-state index in [1.165, 1.54) is 0 Å². The van der Waals surface area contributed by atoms with Gasteiger partial charge in [0.05, 0.1) is 6.04 Å². The van der Waals surface area contributed by atoms with Gasteiger partial charge in [-0.2, -0.15) is 0 Å². The van der Waals surface area contributed by atoms with Crippen LogP contribution in [0.4, 0.5) is 4.39 Å². The predicted molar refractivity (Wildman–Crippen MR) is 52.1 cm³/mol. The number of carbonyl (C=O) groups excluding carboxylic acids is 1. The minimum Gasteiger partial charge on any atom is -0.853 e. The van der Waals surface area contributed by atoms with Gasteiger partial charge < -0.3 is 5.11 Å². The second kappa shape index (κ2) is 5.86. The number of halogens is 1. The van der Waals surface area contributed by atoms with Crippen molar-refractivity contribution in [1.29, 1.82) is 0 Å². The first-order chi connectivity index (χ1) is 7.13. The van der Waals surface area contributed by atoms with Crippen LogP contribution in [-0.4, -0.2) is 41.6 Å². The number of alkyl halides is 1. The van der Waals surface area contributed by atoms with Crippen molar-refractivity contribution in [2.24, 2.45) is 0 Å². The molecular weight excluding hydrogens is 236 g/mol. The zero-order valence-corrected chi connectivity index (χ0v) is 13.2. The second-order valence-electron chi connectivity index (χ2n) is 4.70. The fourth-order valence-electron chi connectivity index (χ4n) is 3.05. The van der Waals surface area contributed by atoms with Crippen molar-refractivity contribution in [3.8, 4) is 0 Å². The molecule has 0 aromatic heterocycles. The molecule has 0 aliphatic carbocycles. The van der Waals surface area contributed by atoms with Crippen molar-refractivity contribution >= 4 is 5.78 Å². The molecule has 2 aliphatic heterocycles. The summed E-state index contributed by atoms with van der Waals surface area (Å²) in [7, 11) is 0. The Morgan fingerprint density at radius 1 is 1.62 bits per heavy atom. The Morgan fingerprint density at radius 3 is 2.88 bits per heavy atom. The zero-order valence-electron chi connectivity index (χ0n) is 10.0. The Bertz CT molecular complexity index is 277. The van der Waals surface area contributed by atoms with E-state index in [-0.39, 0.29) is 76.4 Å². The van der Waals surface area contributed by atoms with E-state index in [0.717, 1.165) is 6.42 Å². The minimum atomic E-state index is -0.925. The number of ketones is 1. The van der Waals surface area contributed by atoms with E-state index < -0.39 is 11.7 Å². The van der Waals surface area contributed by atoms with Crippen LogP contribution in [0.3, 0.4) is 0 Å². The summed E-state index contributed by atoms with van der Waals surface area (Å²) in [6.45, 7) is 1.82. The molecule has 0 amide bonds. The molecule has 2 aliphatic rings. The molecule has 0 aromatic carbocycles. The topological polar surface area (TPSA) is 43.4 Å². The van der Waals surface area contributed by atoms with Gasteiger partial charge in [0.25, 0.3) is 0 Å². The smallest absolute Gasteiger partial charge is 0.853 e. The molecule has 0 radical (unpaired) electrons. The number of rotatable bonds is 3. The molecule has 0 spiro atoms. The molecule has 3 atom stereocenters. The number of nitrogens with zero attached hydrogens (tertiary/aromatic N) is 1. The maximum Gasteiger partial charge on any atom is 1.00 e. The molecule has 5 heteroatoms. The molecule has 0 aromatic rings. The first-order valence-corrected chi connectivity index (χ1v) is 5.64. The Kier molecular flexibility index (Phi) is 5.58. The largest absolute Gasteiger partial charge is 1.00 e. The fourth-order valence-corrected chi connectivity index (χ4v) is 3.05. The average Bonchev–Trinajstić information content (AvgIpc) is 2.71. The summed E-state index contributed by atoms with van der Waals surface area (Å²) in [4.78, 5) is 13.5. The van der Waals surface area contributed by atoms with E-state index in [1.807, 2.05) is 11.8 Å². The first-order valence-electron chi connectivity index (χ1n) is 5.64. The fraction of sp³-hybridized carbons (Fsp3) is 0.909. The van der Waals surface area contributed by atoms with Crippen LogP contribution in [0.15, 0.2) is 0 Å². The maximum atomic E-state index is 13.3. The molecule has 2 fully saturated rings. The summed E-state index contributed by atoms with van der Waals surface area (Å²) in [5, 5.41) is 11.2. The van der Waals surface area contributed by atoms with Crippen LogP contribution in [0.1, 0.15) is 32.6 Å². The van der Waals surface area contributed by atoms with Gasteiger partial charge in [0, 0.05) is 18.5 Å². The van der Waals surface area contributed by atoms with Crippen molar-refractivity contribution < 1.29 is 65.7 Å². The number of Topliss-reactive ketones (excluding diaryl/α,β-unsaturated/α-hetero) is 1. The maximum absolute atomic E-state index is 13.3. The van der Waals surface area contributed by atoms with Crippen molar-refractivity contribution in [2.75, 3.05) is 13.2 Å². The quantitative estimate of drug-likeness (QED) is 0.513. The van der Waals surface area contributed by atoms with Crippen molar-refractivity contribution in [3.05, 3.63) is 0 Å². The molecular formula is C11H17FKNO2. The molecule has 2 heterocycles. The van der Waals surface area contributed by atoms with Gasteiger partial charge in [0.1, 0.15) is 12.0 Å². The molecule has 2 rings (SSSR count). The normalized spacial score (nSPS) is 38.2. The zero-order chi connectivity index (χ0) is 11.1. The van der Waals surface area contributed by atoms with Crippen molar-refractivity contribution in [1.82, 2.24) is 4.90 Å². The summed E-state index contributed by atoms with van der Waals surface area (Å²) in [6, 6.07) is -0.190. The van der Waals surface area contributed by atoms with Crippen molar-refractivity contribution in [2.45, 2.75) is 50.4 Å². The third kappa shape index (κ3) is 2.46. The van der Waals surface area contributed by atoms with E-state index in [1.54, 1.807) is 0 Å². The van der Waals surface area contributed by atoms with Gasteiger partial charge in [-0.25, -0.2) is 4.39 Å². The molecule has 2 saturated heterocycles. The minimum absolute atomic E-state index is 0. The van der Waals surface area contributed by atoms with Gasteiger partial charge in [-0.05, 0) is 19.3 Å². The van der Waals surface area contributed by atoms with Crippen LogP contribution in [-0.2, 0) is 4.79 Å². The van der Waals surface area contributed by atoms with Gasteiger partial charge in [-0.1, -0.05) is 6.92 Å². The summed E-state index contributed by atoms with van der Waals surface area (Å²) in [5.41, 5.74) is -0.547. The Labute approximate surface area is 138 Å². The molecule has 0 bridgehead atoms.